The van der Waals surface area contributed by atoms with Gasteiger partial charge < -0.3 is 9.80 Å². The van der Waals surface area contributed by atoms with Crippen molar-refractivity contribution < 1.29 is 4.92 Å². The Hall–Kier alpha value is -2.11. The van der Waals surface area contributed by atoms with E-state index in [-0.39, 0.29) is 10.6 Å². The molecule has 0 aliphatic heterocycles. The van der Waals surface area contributed by atoms with Crippen LogP contribution < -0.4 is 0 Å². The van der Waals surface area contributed by atoms with E-state index in [1.165, 1.54) is 6.07 Å². The quantitative estimate of drug-likeness (QED) is 0.359. The normalized spacial score (nSPS) is 9.89. The average Bonchev–Trinajstić information content (AvgIpc) is 2.34. The highest BCUT2D eigenvalue weighted by molar-refractivity contribution is 5.79. The van der Waals surface area contributed by atoms with Gasteiger partial charge in [-0.3, -0.25) is 15.1 Å². The third kappa shape index (κ3) is 4.57. The maximum Gasteiger partial charge on any atom is 0.269 e. The molecular weight excluding hydrogens is 244 g/mol. The van der Waals surface area contributed by atoms with Gasteiger partial charge in [-0.2, -0.15) is 0 Å². The maximum absolute atomic E-state index is 10.7. The Morgan fingerprint density at radius 2 is 1.89 bits per heavy atom. The third-order valence-corrected chi connectivity index (χ3v) is 2.58. The molecule has 19 heavy (non-hydrogen) atoms. The lowest BCUT2D eigenvalue weighted by Crippen LogP contribution is -2.35. The molecule has 0 N–H and O–H groups in total. The van der Waals surface area contributed by atoms with E-state index in [0.717, 1.165) is 11.5 Å². The molecule has 6 nitrogen and oxygen atoms in total. The van der Waals surface area contributed by atoms with E-state index in [0.29, 0.717) is 13.0 Å². The van der Waals surface area contributed by atoms with Crippen molar-refractivity contribution in [2.45, 2.75) is 6.42 Å². The molecule has 0 bridgehead atoms. The highest BCUT2D eigenvalue weighted by Gasteiger charge is 2.06. The molecule has 1 rings (SSSR count). The SMILES string of the molecule is CN(C)C(=NCCc1cccc([N+](=O)[O-])c1)N(C)C. The molecule has 0 aliphatic carbocycles. The lowest BCUT2D eigenvalue weighted by Gasteiger charge is -2.22. The Labute approximate surface area is 113 Å². The zero-order valence-corrected chi connectivity index (χ0v) is 11.8. The summed E-state index contributed by atoms with van der Waals surface area (Å²) in [5.74, 6) is 0.880. The van der Waals surface area contributed by atoms with Gasteiger partial charge in [-0.15, -0.1) is 0 Å². The van der Waals surface area contributed by atoms with Crippen molar-refractivity contribution in [2.24, 2.45) is 4.99 Å². The van der Waals surface area contributed by atoms with Crippen LogP contribution in [0.3, 0.4) is 0 Å². The molecule has 0 aromatic heterocycles. The van der Waals surface area contributed by atoms with E-state index >= 15 is 0 Å². The Balaban J connectivity index is 2.69. The standard InChI is InChI=1S/C13H20N4O2/c1-15(2)13(16(3)4)14-9-8-11-6-5-7-12(10-11)17(18)19/h5-7,10H,8-9H2,1-4H3. The first-order chi connectivity index (χ1) is 8.91. The summed E-state index contributed by atoms with van der Waals surface area (Å²) in [6.45, 7) is 0.604. The van der Waals surface area contributed by atoms with Gasteiger partial charge in [0, 0.05) is 46.9 Å². The predicted octanol–water partition coefficient (Wildman–Crippen LogP) is 1.62. The zero-order chi connectivity index (χ0) is 14.4. The first-order valence-electron chi connectivity index (χ1n) is 6.04. The van der Waals surface area contributed by atoms with E-state index in [2.05, 4.69) is 4.99 Å². The van der Waals surface area contributed by atoms with Gasteiger partial charge in [-0.25, -0.2) is 0 Å². The molecule has 0 atom stereocenters. The molecule has 104 valence electrons. The largest absolute Gasteiger partial charge is 0.349 e. The number of nitro groups is 1. The van der Waals surface area contributed by atoms with Gasteiger partial charge in [0.25, 0.3) is 5.69 Å². The van der Waals surface area contributed by atoms with Crippen molar-refractivity contribution in [1.82, 2.24) is 9.80 Å². The van der Waals surface area contributed by atoms with Gasteiger partial charge in [0.15, 0.2) is 5.96 Å². The van der Waals surface area contributed by atoms with Gasteiger partial charge in [0.2, 0.25) is 0 Å². The Morgan fingerprint density at radius 1 is 1.26 bits per heavy atom. The van der Waals surface area contributed by atoms with E-state index in [1.54, 1.807) is 12.1 Å². The number of nitrogens with zero attached hydrogens (tertiary/aromatic N) is 4. The molecule has 0 heterocycles. The number of hydrogen-bond acceptors (Lipinski definition) is 3. The molecule has 0 aliphatic rings. The highest BCUT2D eigenvalue weighted by Crippen LogP contribution is 2.13. The molecule has 0 radical (unpaired) electrons. The molecule has 0 unspecified atom stereocenters. The number of benzene rings is 1. The molecule has 1 aromatic rings. The van der Waals surface area contributed by atoms with Gasteiger partial charge >= 0.3 is 0 Å². The van der Waals surface area contributed by atoms with E-state index in [1.807, 2.05) is 44.1 Å². The molecule has 0 amide bonds. The fourth-order valence-electron chi connectivity index (χ4n) is 1.79. The topological polar surface area (TPSA) is 62.0 Å². The fourth-order valence-corrected chi connectivity index (χ4v) is 1.79. The lowest BCUT2D eigenvalue weighted by atomic mass is 10.1. The van der Waals surface area contributed by atoms with Gasteiger partial charge in [0.1, 0.15) is 0 Å². The van der Waals surface area contributed by atoms with Gasteiger partial charge in [-0.05, 0) is 12.0 Å². The number of nitro benzene ring substituents is 1. The van der Waals surface area contributed by atoms with Crippen molar-refractivity contribution in [2.75, 3.05) is 34.7 Å². The summed E-state index contributed by atoms with van der Waals surface area (Å²) >= 11 is 0. The minimum atomic E-state index is -0.377. The summed E-state index contributed by atoms with van der Waals surface area (Å²) in [7, 11) is 7.75. The van der Waals surface area contributed by atoms with Crippen LogP contribution in [0.2, 0.25) is 0 Å². The summed E-state index contributed by atoms with van der Waals surface area (Å²) in [6, 6.07) is 6.68. The van der Waals surface area contributed by atoms with Crippen LogP contribution in [0.4, 0.5) is 5.69 Å². The average molecular weight is 264 g/mol. The van der Waals surface area contributed by atoms with Gasteiger partial charge in [-0.1, -0.05) is 12.1 Å². The Kier molecular flexibility index (Phi) is 5.29. The second kappa shape index (κ2) is 6.72. The van der Waals surface area contributed by atoms with Crippen LogP contribution in [0.5, 0.6) is 0 Å². The highest BCUT2D eigenvalue weighted by atomic mass is 16.6. The zero-order valence-electron chi connectivity index (χ0n) is 11.8. The molecular formula is C13H20N4O2. The summed E-state index contributed by atoms with van der Waals surface area (Å²) in [4.78, 5) is 18.7. The molecule has 0 saturated heterocycles. The van der Waals surface area contributed by atoms with E-state index < -0.39 is 0 Å². The van der Waals surface area contributed by atoms with E-state index in [4.69, 9.17) is 0 Å². The number of aliphatic imine (C=N–C) groups is 1. The molecule has 0 spiro atoms. The fraction of sp³-hybridized carbons (Fsp3) is 0.462. The van der Waals surface area contributed by atoms with Crippen LogP contribution in [0, 0.1) is 10.1 Å². The summed E-state index contributed by atoms with van der Waals surface area (Å²) in [5.41, 5.74) is 1.05. The monoisotopic (exact) mass is 264 g/mol. The Morgan fingerprint density at radius 3 is 2.42 bits per heavy atom. The van der Waals surface area contributed by atoms with Crippen LogP contribution >= 0.6 is 0 Å². The second-order valence-corrected chi connectivity index (χ2v) is 4.65. The minimum absolute atomic E-state index is 0.127. The predicted molar refractivity (Wildman–Crippen MR) is 76.5 cm³/mol. The smallest absolute Gasteiger partial charge is 0.269 e. The molecule has 1 aromatic carbocycles. The van der Waals surface area contributed by atoms with Crippen molar-refractivity contribution in [3.8, 4) is 0 Å². The number of guanidine groups is 1. The number of non-ortho nitro benzene ring substituents is 1. The first-order valence-corrected chi connectivity index (χ1v) is 6.04. The van der Waals surface area contributed by atoms with Crippen molar-refractivity contribution >= 4 is 11.6 Å². The molecule has 6 heteroatoms. The van der Waals surface area contributed by atoms with Crippen molar-refractivity contribution in [3.63, 3.8) is 0 Å². The van der Waals surface area contributed by atoms with Crippen LogP contribution in [0.15, 0.2) is 29.3 Å². The minimum Gasteiger partial charge on any atom is -0.349 e. The number of rotatable bonds is 4. The Bertz CT molecular complexity index is 459. The maximum atomic E-state index is 10.7. The molecule has 0 saturated carbocycles. The first kappa shape index (κ1) is 14.9. The summed E-state index contributed by atoms with van der Waals surface area (Å²) < 4.78 is 0. The van der Waals surface area contributed by atoms with Crippen molar-refractivity contribution in [3.05, 3.63) is 39.9 Å². The number of hydrogen-bond donors (Lipinski definition) is 0. The van der Waals surface area contributed by atoms with Gasteiger partial charge in [0.05, 0.1) is 4.92 Å². The van der Waals surface area contributed by atoms with Crippen LogP contribution in [-0.2, 0) is 6.42 Å². The van der Waals surface area contributed by atoms with E-state index in [9.17, 15) is 10.1 Å². The summed E-state index contributed by atoms with van der Waals surface area (Å²) in [6.07, 6.45) is 0.687. The van der Waals surface area contributed by atoms with Crippen LogP contribution in [0.25, 0.3) is 0 Å². The van der Waals surface area contributed by atoms with Crippen LogP contribution in [-0.4, -0.2) is 55.4 Å². The summed E-state index contributed by atoms with van der Waals surface area (Å²) in [5, 5.41) is 10.7. The molecule has 0 fully saturated rings. The van der Waals surface area contributed by atoms with Crippen LogP contribution in [0.1, 0.15) is 5.56 Å². The third-order valence-electron chi connectivity index (χ3n) is 2.58. The second-order valence-electron chi connectivity index (χ2n) is 4.65. The lowest BCUT2D eigenvalue weighted by molar-refractivity contribution is -0.384. The van der Waals surface area contributed by atoms with Crippen molar-refractivity contribution in [1.29, 1.82) is 0 Å².